The van der Waals surface area contributed by atoms with E-state index in [0.717, 1.165) is 17.3 Å². The van der Waals surface area contributed by atoms with Crippen LogP contribution in [0.5, 0.6) is 0 Å². The summed E-state index contributed by atoms with van der Waals surface area (Å²) < 4.78 is 64.9. The summed E-state index contributed by atoms with van der Waals surface area (Å²) in [5, 5.41) is 3.44. The van der Waals surface area contributed by atoms with E-state index in [9.17, 15) is 21.6 Å². The minimum absolute atomic E-state index is 0.0418. The lowest BCUT2D eigenvalue weighted by molar-refractivity contribution is -0.141. The van der Waals surface area contributed by atoms with E-state index in [1.807, 2.05) is 12.1 Å². The summed E-state index contributed by atoms with van der Waals surface area (Å²) >= 11 is 0. The normalized spacial score (nSPS) is 12.1. The maximum Gasteiger partial charge on any atom is 0.435 e. The van der Waals surface area contributed by atoms with Gasteiger partial charge < -0.3 is 4.98 Å². The van der Waals surface area contributed by atoms with Gasteiger partial charge in [0, 0.05) is 17.5 Å². The van der Waals surface area contributed by atoms with Gasteiger partial charge in [0.05, 0.1) is 10.6 Å². The predicted molar refractivity (Wildman–Crippen MR) is 105 cm³/mol. The zero-order valence-corrected chi connectivity index (χ0v) is 16.1. The van der Waals surface area contributed by atoms with Gasteiger partial charge >= 0.3 is 6.18 Å². The number of sulfonamides is 1. The topological polar surface area (TPSA) is 79.8 Å². The smallest absolute Gasteiger partial charge is 0.361 e. The number of benzene rings is 2. The van der Waals surface area contributed by atoms with Crippen LogP contribution in [0, 0.1) is 0 Å². The molecule has 154 valence electrons. The second kappa shape index (κ2) is 7.38. The zero-order chi connectivity index (χ0) is 21.4. The first-order chi connectivity index (χ1) is 14.2. The third-order valence-electron chi connectivity index (χ3n) is 4.35. The second-order valence-electron chi connectivity index (χ2n) is 6.39. The first-order valence-electron chi connectivity index (χ1n) is 8.73. The first kappa shape index (κ1) is 19.8. The van der Waals surface area contributed by atoms with Crippen molar-refractivity contribution < 1.29 is 21.6 Å². The van der Waals surface area contributed by atoms with Crippen molar-refractivity contribution in [3.63, 3.8) is 0 Å². The van der Waals surface area contributed by atoms with Crippen molar-refractivity contribution in [3.05, 3.63) is 84.7 Å². The quantitative estimate of drug-likeness (QED) is 0.488. The second-order valence-corrected chi connectivity index (χ2v) is 8.05. The number of hydrogen-bond acceptors (Lipinski definition) is 3. The SMILES string of the molecule is O=S(=O)(Nn1nc(C(F)(F)F)cc1-c1ccc(-c2ccc[nH]2)cc1)c1ccccc1. The molecule has 6 nitrogen and oxygen atoms in total. The lowest BCUT2D eigenvalue weighted by Crippen LogP contribution is -2.25. The summed E-state index contributed by atoms with van der Waals surface area (Å²) in [6.45, 7) is 0. The Morgan fingerprint density at radius 2 is 1.57 bits per heavy atom. The van der Waals surface area contributed by atoms with Gasteiger partial charge in [-0.3, -0.25) is 0 Å². The van der Waals surface area contributed by atoms with Gasteiger partial charge in [-0.25, -0.2) is 0 Å². The lowest BCUT2D eigenvalue weighted by Gasteiger charge is -2.11. The van der Waals surface area contributed by atoms with Gasteiger partial charge in [-0.2, -0.15) is 31.2 Å². The third-order valence-corrected chi connectivity index (χ3v) is 5.66. The van der Waals surface area contributed by atoms with Gasteiger partial charge in [0.25, 0.3) is 10.0 Å². The molecule has 0 aliphatic rings. The summed E-state index contributed by atoms with van der Waals surface area (Å²) in [5.74, 6) is 0. The number of H-pyrrole nitrogens is 1. The summed E-state index contributed by atoms with van der Waals surface area (Å²) in [5.41, 5.74) is 0.789. The number of aromatic amines is 1. The Morgan fingerprint density at radius 1 is 0.900 bits per heavy atom. The summed E-state index contributed by atoms with van der Waals surface area (Å²) in [4.78, 5) is 5.69. The van der Waals surface area contributed by atoms with Crippen LogP contribution in [-0.2, 0) is 16.2 Å². The van der Waals surface area contributed by atoms with Crippen LogP contribution in [-0.4, -0.2) is 23.3 Å². The Kier molecular flexibility index (Phi) is 4.86. The van der Waals surface area contributed by atoms with Gasteiger partial charge in [-0.05, 0) is 35.9 Å². The molecule has 10 heteroatoms. The van der Waals surface area contributed by atoms with E-state index >= 15 is 0 Å². The van der Waals surface area contributed by atoms with E-state index in [1.54, 1.807) is 36.5 Å². The minimum Gasteiger partial charge on any atom is -0.361 e. The number of aromatic nitrogens is 3. The largest absolute Gasteiger partial charge is 0.435 e. The van der Waals surface area contributed by atoms with Crippen molar-refractivity contribution in [1.29, 1.82) is 0 Å². The van der Waals surface area contributed by atoms with E-state index in [4.69, 9.17) is 0 Å². The Morgan fingerprint density at radius 3 is 2.17 bits per heavy atom. The fourth-order valence-corrected chi connectivity index (χ4v) is 3.88. The van der Waals surface area contributed by atoms with Gasteiger partial charge in [-0.15, -0.1) is 5.10 Å². The highest BCUT2D eigenvalue weighted by molar-refractivity contribution is 7.92. The van der Waals surface area contributed by atoms with Crippen molar-refractivity contribution in [3.8, 4) is 22.5 Å². The molecule has 0 radical (unpaired) electrons. The third kappa shape index (κ3) is 3.94. The Balaban J connectivity index is 1.75. The van der Waals surface area contributed by atoms with Crippen LogP contribution in [0.4, 0.5) is 13.2 Å². The molecule has 0 fully saturated rings. The molecular formula is C20H15F3N4O2S. The highest BCUT2D eigenvalue weighted by Crippen LogP contribution is 2.32. The number of nitrogens with zero attached hydrogens (tertiary/aromatic N) is 2. The molecule has 30 heavy (non-hydrogen) atoms. The fraction of sp³-hybridized carbons (Fsp3) is 0.0500. The molecule has 4 rings (SSSR count). The molecule has 2 heterocycles. The maximum atomic E-state index is 13.2. The molecule has 0 spiro atoms. The van der Waals surface area contributed by atoms with Crippen molar-refractivity contribution in [1.82, 2.24) is 14.9 Å². The van der Waals surface area contributed by atoms with Gasteiger partial charge in [-0.1, -0.05) is 42.5 Å². The van der Waals surface area contributed by atoms with Crippen LogP contribution in [0.25, 0.3) is 22.5 Å². The standard InChI is InChI=1S/C20H15F3N4O2S/c21-20(22,23)19-13-18(15-10-8-14(9-11-15)17-7-4-12-24-17)27(25-19)26-30(28,29)16-5-2-1-3-6-16/h1-13,24,26H. The molecule has 2 N–H and O–H groups in total. The molecule has 0 amide bonds. The highest BCUT2D eigenvalue weighted by Gasteiger charge is 2.35. The Hall–Kier alpha value is -3.53. The lowest BCUT2D eigenvalue weighted by atomic mass is 10.1. The first-order valence-corrected chi connectivity index (χ1v) is 10.2. The average Bonchev–Trinajstić information content (AvgIpc) is 3.38. The Bertz CT molecular complexity index is 1250. The molecule has 0 saturated heterocycles. The van der Waals surface area contributed by atoms with Crippen LogP contribution in [0.1, 0.15) is 5.69 Å². The molecule has 2 aromatic carbocycles. The summed E-state index contributed by atoms with van der Waals surface area (Å²) in [7, 11) is -4.14. The van der Waals surface area contributed by atoms with Crippen LogP contribution in [0.3, 0.4) is 0 Å². The number of nitrogens with one attached hydrogen (secondary N) is 2. The van der Waals surface area contributed by atoms with E-state index in [-0.39, 0.29) is 10.6 Å². The summed E-state index contributed by atoms with van der Waals surface area (Å²) in [6, 6.07) is 18.4. The number of alkyl halides is 3. The number of hydrogen-bond donors (Lipinski definition) is 2. The van der Waals surface area contributed by atoms with Crippen molar-refractivity contribution >= 4 is 10.0 Å². The molecule has 0 aliphatic carbocycles. The van der Waals surface area contributed by atoms with Crippen molar-refractivity contribution in [2.75, 3.05) is 4.83 Å². The fourth-order valence-electron chi connectivity index (χ4n) is 2.89. The van der Waals surface area contributed by atoms with Crippen molar-refractivity contribution in [2.24, 2.45) is 0 Å². The molecule has 0 saturated carbocycles. The number of halogens is 3. The van der Waals surface area contributed by atoms with Crippen LogP contribution < -0.4 is 4.83 Å². The van der Waals surface area contributed by atoms with E-state index in [0.29, 0.717) is 10.4 Å². The molecule has 2 aromatic heterocycles. The zero-order valence-electron chi connectivity index (χ0n) is 15.3. The minimum atomic E-state index is -4.73. The van der Waals surface area contributed by atoms with Crippen LogP contribution >= 0.6 is 0 Å². The van der Waals surface area contributed by atoms with Gasteiger partial charge in [0.15, 0.2) is 5.69 Å². The van der Waals surface area contributed by atoms with E-state index in [2.05, 4.69) is 14.9 Å². The summed E-state index contributed by atoms with van der Waals surface area (Å²) in [6.07, 6.45) is -2.98. The molecular weight excluding hydrogens is 417 g/mol. The van der Waals surface area contributed by atoms with Crippen LogP contribution in [0.15, 0.2) is 83.9 Å². The highest BCUT2D eigenvalue weighted by atomic mass is 32.2. The van der Waals surface area contributed by atoms with Crippen LogP contribution in [0.2, 0.25) is 0 Å². The van der Waals surface area contributed by atoms with Gasteiger partial charge in [0.1, 0.15) is 0 Å². The predicted octanol–water partition coefficient (Wildman–Crippen LogP) is 4.50. The molecule has 0 bridgehead atoms. The monoisotopic (exact) mass is 432 g/mol. The molecule has 0 aliphatic heterocycles. The molecule has 0 atom stereocenters. The molecule has 0 unspecified atom stereocenters. The Labute approximate surface area is 170 Å². The maximum absolute atomic E-state index is 13.2. The van der Waals surface area contributed by atoms with Crippen molar-refractivity contribution in [2.45, 2.75) is 11.1 Å². The van der Waals surface area contributed by atoms with Gasteiger partial charge in [0.2, 0.25) is 0 Å². The average molecular weight is 432 g/mol. The van der Waals surface area contributed by atoms with E-state index < -0.39 is 21.9 Å². The van der Waals surface area contributed by atoms with E-state index in [1.165, 1.54) is 24.3 Å². The molecule has 4 aromatic rings. The number of rotatable bonds is 5.